The standard InChI is InChI=1S/C9H5F2N2.C8H6N3.Ir/c10-7-2-3-9(8(11)6-7)13-5-1-4-12-13;1-2-5-9-7(3-1)8-4-6-10-11-8;/h1-2,4-6H;1-6H;/q2*-1;. The summed E-state index contributed by atoms with van der Waals surface area (Å²) in [6, 6.07) is 13.5. The molecule has 0 aliphatic heterocycles. The summed E-state index contributed by atoms with van der Waals surface area (Å²) in [5, 5.41) is 11.4. The Balaban J connectivity index is 0.000000175. The van der Waals surface area contributed by atoms with Crippen LogP contribution in [0.15, 0.2) is 67.3 Å². The third-order valence-corrected chi connectivity index (χ3v) is 2.96. The molecule has 25 heavy (non-hydrogen) atoms. The van der Waals surface area contributed by atoms with Crippen LogP contribution in [0.25, 0.3) is 17.1 Å². The van der Waals surface area contributed by atoms with E-state index in [1.165, 1.54) is 10.9 Å². The van der Waals surface area contributed by atoms with E-state index in [1.54, 1.807) is 24.7 Å². The molecule has 129 valence electrons. The van der Waals surface area contributed by atoms with Gasteiger partial charge in [0.05, 0.1) is 0 Å². The molecule has 0 saturated carbocycles. The Labute approximate surface area is 156 Å². The van der Waals surface area contributed by atoms with Crippen molar-refractivity contribution < 1.29 is 28.9 Å². The minimum atomic E-state index is -0.677. The van der Waals surface area contributed by atoms with Crippen LogP contribution in [-0.4, -0.2) is 19.9 Å². The van der Waals surface area contributed by atoms with Gasteiger partial charge in [0.15, 0.2) is 0 Å². The Bertz CT molecular complexity index is 881. The van der Waals surface area contributed by atoms with Gasteiger partial charge in [0.1, 0.15) is 0 Å². The van der Waals surface area contributed by atoms with Gasteiger partial charge in [0.2, 0.25) is 0 Å². The molecule has 0 fully saturated rings. The third kappa shape index (κ3) is 4.88. The number of benzene rings is 1. The molecule has 3 heterocycles. The minimum Gasteiger partial charge on any atom is -0.574 e. The van der Waals surface area contributed by atoms with Gasteiger partial charge in [-0.05, 0) is 23.9 Å². The average Bonchev–Trinajstić information content (AvgIpc) is 3.30. The molecule has 0 spiro atoms. The average molecular weight is 516 g/mol. The first kappa shape index (κ1) is 18.6. The molecule has 0 bridgehead atoms. The summed E-state index contributed by atoms with van der Waals surface area (Å²) in [4.78, 5) is 4.12. The molecule has 5 nitrogen and oxygen atoms in total. The van der Waals surface area contributed by atoms with E-state index >= 15 is 0 Å². The van der Waals surface area contributed by atoms with Crippen molar-refractivity contribution >= 4 is 0 Å². The predicted molar refractivity (Wildman–Crippen MR) is 83.1 cm³/mol. The fraction of sp³-hybridized carbons (Fsp3) is 0. The molecule has 1 radical (unpaired) electrons. The van der Waals surface area contributed by atoms with E-state index in [0.717, 1.165) is 23.5 Å². The van der Waals surface area contributed by atoms with Gasteiger partial charge in [-0.25, -0.2) is 0 Å². The normalized spacial score (nSPS) is 9.68. The maximum absolute atomic E-state index is 13.1. The predicted octanol–water partition coefficient (Wildman–Crippen LogP) is 3.05. The van der Waals surface area contributed by atoms with Gasteiger partial charge in [-0.1, -0.05) is 17.8 Å². The molecule has 0 N–H and O–H groups in total. The second-order valence-electron chi connectivity index (χ2n) is 4.60. The molecule has 0 atom stereocenters. The van der Waals surface area contributed by atoms with Crippen LogP contribution in [-0.2, 0) is 20.1 Å². The maximum Gasteiger partial charge on any atom is 0.0493 e. The zero-order valence-electron chi connectivity index (χ0n) is 12.7. The zero-order valence-corrected chi connectivity index (χ0v) is 15.1. The molecule has 0 amide bonds. The van der Waals surface area contributed by atoms with Crippen molar-refractivity contribution in [2.45, 2.75) is 0 Å². The summed E-state index contributed by atoms with van der Waals surface area (Å²) in [6.07, 6.45) is 6.47. The number of halogens is 2. The van der Waals surface area contributed by atoms with E-state index in [-0.39, 0.29) is 25.8 Å². The van der Waals surface area contributed by atoms with Crippen molar-refractivity contribution in [2.75, 3.05) is 0 Å². The van der Waals surface area contributed by atoms with Gasteiger partial charge in [-0.3, -0.25) is 18.4 Å². The van der Waals surface area contributed by atoms with Gasteiger partial charge in [-0.2, -0.15) is 11.2 Å². The molecular weight excluding hydrogens is 504 g/mol. The Hall–Kier alpha value is -2.70. The molecule has 8 heteroatoms. The van der Waals surface area contributed by atoms with Gasteiger partial charge in [-0.15, -0.1) is 12.1 Å². The van der Waals surface area contributed by atoms with Crippen LogP contribution in [0.3, 0.4) is 0 Å². The number of hydrogen-bond donors (Lipinski definition) is 0. The molecule has 0 aliphatic carbocycles. The Morgan fingerprint density at radius 3 is 2.52 bits per heavy atom. The number of pyridine rings is 1. The van der Waals surface area contributed by atoms with E-state index in [1.807, 2.05) is 24.3 Å². The van der Waals surface area contributed by atoms with E-state index in [9.17, 15) is 8.78 Å². The van der Waals surface area contributed by atoms with Crippen molar-refractivity contribution in [3.63, 3.8) is 0 Å². The van der Waals surface area contributed by atoms with Crippen LogP contribution in [0, 0.1) is 17.7 Å². The molecule has 1 aromatic carbocycles. The van der Waals surface area contributed by atoms with Crippen LogP contribution in [0.1, 0.15) is 0 Å². The summed E-state index contributed by atoms with van der Waals surface area (Å²) in [6.45, 7) is 0. The maximum atomic E-state index is 13.1. The van der Waals surface area contributed by atoms with Crippen molar-refractivity contribution in [2.24, 2.45) is 0 Å². The molecule has 0 aliphatic rings. The van der Waals surface area contributed by atoms with Crippen LogP contribution >= 0.6 is 0 Å². The third-order valence-electron chi connectivity index (χ3n) is 2.96. The zero-order chi connectivity index (χ0) is 16.8. The van der Waals surface area contributed by atoms with Crippen molar-refractivity contribution in [1.82, 2.24) is 25.0 Å². The number of rotatable bonds is 2. The molecule has 4 rings (SSSR count). The van der Waals surface area contributed by atoms with Crippen molar-refractivity contribution in [3.05, 3.63) is 85.0 Å². The Kier molecular flexibility index (Phi) is 6.68. The smallest absolute Gasteiger partial charge is 0.0493 e. The van der Waals surface area contributed by atoms with Crippen molar-refractivity contribution in [1.29, 1.82) is 0 Å². The topological polar surface area (TPSA) is 57.7 Å². The number of aromatic nitrogens is 5. The van der Waals surface area contributed by atoms with Crippen LogP contribution in [0.2, 0.25) is 0 Å². The Morgan fingerprint density at radius 1 is 1.04 bits per heavy atom. The first-order chi connectivity index (χ1) is 11.7. The van der Waals surface area contributed by atoms with Gasteiger partial charge >= 0.3 is 0 Å². The summed E-state index contributed by atoms with van der Waals surface area (Å²) >= 11 is 0. The van der Waals surface area contributed by atoms with Crippen LogP contribution in [0.5, 0.6) is 0 Å². The molecule has 0 saturated heterocycles. The summed E-state index contributed by atoms with van der Waals surface area (Å²) in [5.74, 6) is -1.32. The first-order valence-electron chi connectivity index (χ1n) is 6.96. The fourth-order valence-corrected chi connectivity index (χ4v) is 1.90. The van der Waals surface area contributed by atoms with Gasteiger partial charge < -0.3 is 10.2 Å². The molecular formula is C17H11F2IrN5-2. The second-order valence-corrected chi connectivity index (χ2v) is 4.60. The quantitative estimate of drug-likeness (QED) is 0.385. The van der Waals surface area contributed by atoms with Gasteiger partial charge in [0, 0.05) is 62.2 Å². The number of hydrogen-bond acceptors (Lipinski definition) is 3. The van der Waals surface area contributed by atoms with Crippen molar-refractivity contribution in [3.8, 4) is 17.1 Å². The monoisotopic (exact) mass is 516 g/mol. The first-order valence-corrected chi connectivity index (χ1v) is 6.96. The van der Waals surface area contributed by atoms with Gasteiger partial charge in [0.25, 0.3) is 0 Å². The SMILES string of the molecule is Fc1c[c-]c(-n2cccn2)c(F)c1.[Ir].c1ccc(-c2ccn[n-]2)nc1. The van der Waals surface area contributed by atoms with E-state index in [0.29, 0.717) is 0 Å². The summed E-state index contributed by atoms with van der Waals surface area (Å²) in [7, 11) is 0. The largest absolute Gasteiger partial charge is 0.574 e. The summed E-state index contributed by atoms with van der Waals surface area (Å²) < 4.78 is 26.9. The van der Waals surface area contributed by atoms with Crippen LogP contribution < -0.4 is 5.10 Å². The van der Waals surface area contributed by atoms with E-state index in [2.05, 4.69) is 26.3 Å². The van der Waals surface area contributed by atoms with E-state index < -0.39 is 11.6 Å². The molecule has 4 aromatic rings. The number of nitrogens with zero attached hydrogens (tertiary/aromatic N) is 5. The van der Waals surface area contributed by atoms with E-state index in [4.69, 9.17) is 0 Å². The summed E-state index contributed by atoms with van der Waals surface area (Å²) in [5.41, 5.74) is 1.81. The van der Waals surface area contributed by atoms with Crippen LogP contribution in [0.4, 0.5) is 8.78 Å². The second kappa shape index (κ2) is 8.96. The fourth-order valence-electron chi connectivity index (χ4n) is 1.90. The molecule has 0 unspecified atom stereocenters. The Morgan fingerprint density at radius 2 is 1.92 bits per heavy atom. The minimum absolute atomic E-state index is 0. The molecule has 3 aromatic heterocycles.